The Kier molecular flexibility index (Phi) is 4.72. The van der Waals surface area contributed by atoms with E-state index in [1.165, 1.54) is 7.11 Å². The van der Waals surface area contributed by atoms with Gasteiger partial charge in [0.25, 0.3) is 5.91 Å². The number of fused-ring (bicyclic) bond motifs is 1. The molecule has 3 aliphatic rings. The third-order valence-electron chi connectivity index (χ3n) is 5.68. The number of ether oxygens (including phenoxy) is 1. The van der Waals surface area contributed by atoms with Gasteiger partial charge in [-0.1, -0.05) is 12.8 Å². The number of rotatable bonds is 5. The van der Waals surface area contributed by atoms with Crippen LogP contribution in [0.3, 0.4) is 0 Å². The number of methoxy groups -OCH3 is 1. The second-order valence-electron chi connectivity index (χ2n) is 7.40. The van der Waals surface area contributed by atoms with E-state index in [2.05, 4.69) is 15.6 Å². The molecule has 1 atom stereocenters. The van der Waals surface area contributed by atoms with Crippen LogP contribution in [0.4, 0.5) is 0 Å². The Morgan fingerprint density at radius 3 is 2.78 bits per heavy atom. The molecule has 4 rings (SSSR count). The van der Waals surface area contributed by atoms with Crippen molar-refractivity contribution in [2.75, 3.05) is 7.11 Å². The summed E-state index contributed by atoms with van der Waals surface area (Å²) in [5.74, 6) is 0.0973. The first-order chi connectivity index (χ1) is 13.1. The van der Waals surface area contributed by atoms with Crippen molar-refractivity contribution in [3.63, 3.8) is 0 Å². The van der Waals surface area contributed by atoms with E-state index in [9.17, 15) is 14.4 Å². The van der Waals surface area contributed by atoms with Gasteiger partial charge in [-0.3, -0.25) is 14.4 Å². The summed E-state index contributed by atoms with van der Waals surface area (Å²) < 4.78 is 5.38. The molecule has 8 heteroatoms. The first-order valence-corrected chi connectivity index (χ1v) is 9.51. The Morgan fingerprint density at radius 1 is 1.33 bits per heavy atom. The van der Waals surface area contributed by atoms with Crippen molar-refractivity contribution in [1.29, 1.82) is 0 Å². The predicted octanol–water partition coefficient (Wildman–Crippen LogP) is 0.883. The van der Waals surface area contributed by atoms with Crippen LogP contribution in [0.15, 0.2) is 6.07 Å². The Balaban J connectivity index is 1.48. The molecule has 1 saturated heterocycles. The van der Waals surface area contributed by atoms with E-state index in [0.29, 0.717) is 42.4 Å². The van der Waals surface area contributed by atoms with Crippen molar-refractivity contribution < 1.29 is 19.1 Å². The molecule has 144 valence electrons. The normalized spacial score (nSPS) is 22.1. The highest BCUT2D eigenvalue weighted by molar-refractivity contribution is 5.98. The molecule has 1 saturated carbocycles. The van der Waals surface area contributed by atoms with Crippen LogP contribution in [-0.4, -0.2) is 46.8 Å². The zero-order valence-electron chi connectivity index (χ0n) is 15.4. The number of carbonyl (C=O) groups excluding carboxylic acids is 3. The summed E-state index contributed by atoms with van der Waals surface area (Å²) in [7, 11) is 1.53. The van der Waals surface area contributed by atoms with E-state index in [-0.39, 0.29) is 24.3 Å². The highest BCUT2D eigenvalue weighted by atomic mass is 16.5. The van der Waals surface area contributed by atoms with E-state index < -0.39 is 6.04 Å². The van der Waals surface area contributed by atoms with Gasteiger partial charge < -0.3 is 20.3 Å². The summed E-state index contributed by atoms with van der Waals surface area (Å²) >= 11 is 0. The van der Waals surface area contributed by atoms with Crippen LogP contribution in [0, 0.1) is 0 Å². The highest BCUT2D eigenvalue weighted by Gasteiger charge is 2.36. The number of hydrogen-bond donors (Lipinski definition) is 2. The fourth-order valence-electron chi connectivity index (χ4n) is 4.20. The maximum Gasteiger partial charge on any atom is 0.256 e. The minimum absolute atomic E-state index is 0.0164. The van der Waals surface area contributed by atoms with Crippen LogP contribution >= 0.6 is 0 Å². The third kappa shape index (κ3) is 3.36. The lowest BCUT2D eigenvalue weighted by Crippen LogP contribution is -2.41. The lowest BCUT2D eigenvalue weighted by atomic mass is 10.1. The number of carbonyl (C=O) groups is 3. The van der Waals surface area contributed by atoms with Gasteiger partial charge in [-0.2, -0.15) is 0 Å². The van der Waals surface area contributed by atoms with Crippen LogP contribution < -0.4 is 15.4 Å². The minimum atomic E-state index is -0.495. The molecule has 0 spiro atoms. The van der Waals surface area contributed by atoms with Crippen LogP contribution in [-0.2, 0) is 22.7 Å². The summed E-state index contributed by atoms with van der Waals surface area (Å²) in [5, 5.41) is 5.46. The van der Waals surface area contributed by atoms with E-state index >= 15 is 0 Å². The molecule has 1 aromatic heterocycles. The van der Waals surface area contributed by atoms with Crippen molar-refractivity contribution in [3.05, 3.63) is 22.9 Å². The average molecular weight is 372 g/mol. The van der Waals surface area contributed by atoms with Crippen molar-refractivity contribution in [3.8, 4) is 5.88 Å². The van der Waals surface area contributed by atoms with Gasteiger partial charge in [-0.25, -0.2) is 4.98 Å². The number of pyridine rings is 1. The molecular weight excluding hydrogens is 348 g/mol. The molecule has 2 N–H and O–H groups in total. The first kappa shape index (κ1) is 17.8. The molecule has 1 aliphatic carbocycles. The minimum Gasteiger partial charge on any atom is -0.481 e. The number of amides is 3. The van der Waals surface area contributed by atoms with Gasteiger partial charge in [0.05, 0.1) is 24.9 Å². The van der Waals surface area contributed by atoms with Crippen LogP contribution in [0.1, 0.15) is 60.1 Å². The molecule has 2 aliphatic heterocycles. The molecule has 0 unspecified atom stereocenters. The molecule has 1 aromatic rings. The van der Waals surface area contributed by atoms with Gasteiger partial charge in [-0.15, -0.1) is 0 Å². The molecule has 0 aromatic carbocycles. The van der Waals surface area contributed by atoms with Gasteiger partial charge >= 0.3 is 0 Å². The van der Waals surface area contributed by atoms with Crippen molar-refractivity contribution in [2.45, 2.75) is 63.7 Å². The second kappa shape index (κ2) is 7.17. The van der Waals surface area contributed by atoms with Gasteiger partial charge in [-0.05, 0) is 25.3 Å². The van der Waals surface area contributed by atoms with Crippen LogP contribution in [0.5, 0.6) is 5.88 Å². The highest BCUT2D eigenvalue weighted by Crippen LogP contribution is 2.33. The van der Waals surface area contributed by atoms with Gasteiger partial charge in [0.2, 0.25) is 17.7 Å². The fraction of sp³-hybridized carbons (Fsp3) is 0.579. The average Bonchev–Trinajstić information content (AvgIpc) is 3.40. The first-order valence-electron chi connectivity index (χ1n) is 9.51. The van der Waals surface area contributed by atoms with E-state index in [1.807, 2.05) is 4.90 Å². The molecular formula is C19H24N4O4. The predicted molar refractivity (Wildman–Crippen MR) is 95.9 cm³/mol. The lowest BCUT2D eigenvalue weighted by Gasteiger charge is -2.22. The summed E-state index contributed by atoms with van der Waals surface area (Å²) in [6, 6.07) is 1.59. The topological polar surface area (TPSA) is 101 Å². The standard InChI is InChI=1S/C19H24N4O4/c1-27-18-11(9-20-17(25)14-6-7-16(24)21-14)8-13-15(22-18)10-23(19(13)26)12-4-2-3-5-12/h8,12,14H,2-7,9-10H2,1H3,(H,20,25)(H,21,24)/t14-/m1/s1. The number of nitrogens with one attached hydrogen (secondary N) is 2. The van der Waals surface area contributed by atoms with Crippen LogP contribution in [0.2, 0.25) is 0 Å². The molecule has 3 amide bonds. The quantitative estimate of drug-likeness (QED) is 0.799. The maximum absolute atomic E-state index is 12.8. The second-order valence-corrected chi connectivity index (χ2v) is 7.40. The summed E-state index contributed by atoms with van der Waals surface area (Å²) in [4.78, 5) is 42.8. The van der Waals surface area contributed by atoms with Gasteiger partial charge in [0, 0.05) is 24.6 Å². The Labute approximate surface area is 157 Å². The smallest absolute Gasteiger partial charge is 0.256 e. The third-order valence-corrected chi connectivity index (χ3v) is 5.68. The van der Waals surface area contributed by atoms with Crippen molar-refractivity contribution >= 4 is 17.7 Å². The van der Waals surface area contributed by atoms with Crippen molar-refractivity contribution in [1.82, 2.24) is 20.5 Å². The molecule has 2 fully saturated rings. The Morgan fingerprint density at radius 2 is 2.11 bits per heavy atom. The lowest BCUT2D eigenvalue weighted by molar-refractivity contribution is -0.125. The maximum atomic E-state index is 12.8. The SMILES string of the molecule is COc1nc2c(cc1CNC(=O)[C@H]1CCC(=O)N1)C(=O)N(C1CCCC1)C2. The van der Waals surface area contributed by atoms with E-state index in [0.717, 1.165) is 31.4 Å². The number of aromatic nitrogens is 1. The summed E-state index contributed by atoms with van der Waals surface area (Å²) in [6.07, 6.45) is 5.29. The number of nitrogens with zero attached hydrogens (tertiary/aromatic N) is 2. The fourth-order valence-corrected chi connectivity index (χ4v) is 4.20. The zero-order valence-corrected chi connectivity index (χ0v) is 15.4. The molecule has 3 heterocycles. The van der Waals surface area contributed by atoms with E-state index in [4.69, 9.17) is 4.74 Å². The Bertz CT molecular complexity index is 788. The molecule has 0 radical (unpaired) electrons. The molecule has 0 bridgehead atoms. The summed E-state index contributed by atoms with van der Waals surface area (Å²) in [6.45, 7) is 0.724. The zero-order chi connectivity index (χ0) is 19.0. The number of hydrogen-bond acceptors (Lipinski definition) is 5. The van der Waals surface area contributed by atoms with Gasteiger partial charge in [0.1, 0.15) is 6.04 Å². The van der Waals surface area contributed by atoms with Gasteiger partial charge in [0.15, 0.2) is 0 Å². The van der Waals surface area contributed by atoms with Crippen LogP contribution in [0.25, 0.3) is 0 Å². The Hall–Kier alpha value is -2.64. The summed E-state index contributed by atoms with van der Waals surface area (Å²) in [5.41, 5.74) is 2.00. The monoisotopic (exact) mass is 372 g/mol. The molecule has 8 nitrogen and oxygen atoms in total. The van der Waals surface area contributed by atoms with E-state index in [1.54, 1.807) is 6.07 Å². The van der Waals surface area contributed by atoms with Crippen molar-refractivity contribution in [2.24, 2.45) is 0 Å². The molecule has 27 heavy (non-hydrogen) atoms. The largest absolute Gasteiger partial charge is 0.481 e.